The third-order valence-electron chi connectivity index (χ3n) is 3.90. The fourth-order valence-electron chi connectivity index (χ4n) is 2.45. The maximum Gasteiger partial charge on any atom is 0.232 e. The van der Waals surface area contributed by atoms with Crippen molar-refractivity contribution < 1.29 is 4.74 Å². The van der Waals surface area contributed by atoms with Crippen molar-refractivity contribution in [1.29, 1.82) is 5.26 Å². The van der Waals surface area contributed by atoms with Crippen LogP contribution in [0, 0.1) is 11.3 Å². The van der Waals surface area contributed by atoms with E-state index in [1.54, 1.807) is 19.2 Å². The molecule has 0 amide bonds. The number of nitriles is 1. The van der Waals surface area contributed by atoms with Gasteiger partial charge in [0.05, 0.1) is 29.8 Å². The molecule has 7 heteroatoms. The van der Waals surface area contributed by atoms with E-state index in [0.29, 0.717) is 17.4 Å². The molecule has 6 nitrogen and oxygen atoms in total. The van der Waals surface area contributed by atoms with Crippen molar-refractivity contribution >= 4 is 17.7 Å². The van der Waals surface area contributed by atoms with Gasteiger partial charge in [-0.15, -0.1) is 0 Å². The molecule has 24 heavy (non-hydrogen) atoms. The minimum absolute atomic E-state index is 0.577. The Labute approximate surface area is 146 Å². The van der Waals surface area contributed by atoms with Crippen LogP contribution in [0.15, 0.2) is 40.3 Å². The highest BCUT2D eigenvalue weighted by atomic mass is 32.2. The molecule has 124 valence electrons. The van der Waals surface area contributed by atoms with Gasteiger partial charge in [0, 0.05) is 31.1 Å². The summed E-state index contributed by atoms with van der Waals surface area (Å²) in [5.74, 6) is 1.29. The number of nitrogens with zero attached hydrogens (tertiary/aromatic N) is 5. The molecule has 1 aromatic heterocycles. The normalized spacial score (nSPS) is 15.1. The molecule has 0 atom stereocenters. The van der Waals surface area contributed by atoms with Crippen molar-refractivity contribution in [2.75, 3.05) is 45.2 Å². The number of methoxy groups -OCH3 is 1. The molecule has 0 radical (unpaired) electrons. The number of benzene rings is 1. The van der Waals surface area contributed by atoms with Gasteiger partial charge in [-0.25, -0.2) is 4.98 Å². The molecule has 1 fully saturated rings. The smallest absolute Gasteiger partial charge is 0.232 e. The maximum absolute atomic E-state index is 8.87. The quantitative estimate of drug-likeness (QED) is 0.845. The Morgan fingerprint density at radius 2 is 1.88 bits per heavy atom. The lowest BCUT2D eigenvalue weighted by atomic mass is 10.2. The highest BCUT2D eigenvalue weighted by Crippen LogP contribution is 2.34. The lowest BCUT2D eigenvalue weighted by molar-refractivity contribution is 0.310. The number of hydrogen-bond donors (Lipinski definition) is 0. The minimum atomic E-state index is 0.577. The summed E-state index contributed by atoms with van der Waals surface area (Å²) >= 11 is 1.53. The minimum Gasteiger partial charge on any atom is -0.480 e. The van der Waals surface area contributed by atoms with Crippen molar-refractivity contribution in [3.63, 3.8) is 0 Å². The van der Waals surface area contributed by atoms with Gasteiger partial charge in [-0.2, -0.15) is 10.2 Å². The monoisotopic (exact) mass is 341 g/mol. The Hall–Kier alpha value is -2.30. The second-order valence-electron chi connectivity index (χ2n) is 5.57. The van der Waals surface area contributed by atoms with E-state index in [1.807, 2.05) is 18.3 Å². The lowest BCUT2D eigenvalue weighted by Crippen LogP contribution is -2.45. The highest BCUT2D eigenvalue weighted by Gasteiger charge is 2.18. The molecule has 1 aromatic carbocycles. The zero-order valence-electron chi connectivity index (χ0n) is 13.8. The van der Waals surface area contributed by atoms with Crippen molar-refractivity contribution in [3.8, 4) is 11.9 Å². The van der Waals surface area contributed by atoms with E-state index in [4.69, 9.17) is 10.00 Å². The average molecular weight is 341 g/mol. The summed E-state index contributed by atoms with van der Waals surface area (Å²) in [4.78, 5) is 15.4. The fourth-order valence-corrected chi connectivity index (χ4v) is 3.29. The summed E-state index contributed by atoms with van der Waals surface area (Å²) in [6.07, 6.45) is 1.81. The van der Waals surface area contributed by atoms with Crippen LogP contribution in [0.5, 0.6) is 5.88 Å². The number of likely N-dealkylation sites (N-methyl/N-ethyl adjacent to an activating group) is 1. The van der Waals surface area contributed by atoms with Gasteiger partial charge in [-0.05, 0) is 31.3 Å². The van der Waals surface area contributed by atoms with Gasteiger partial charge in [-0.3, -0.25) is 0 Å². The van der Waals surface area contributed by atoms with Gasteiger partial charge < -0.3 is 14.5 Å². The van der Waals surface area contributed by atoms with Crippen molar-refractivity contribution in [1.82, 2.24) is 14.9 Å². The summed E-state index contributed by atoms with van der Waals surface area (Å²) in [6, 6.07) is 9.55. The predicted molar refractivity (Wildman–Crippen MR) is 93.6 cm³/mol. The van der Waals surface area contributed by atoms with Crippen LogP contribution in [-0.4, -0.2) is 55.2 Å². The molecule has 0 bridgehead atoms. The first kappa shape index (κ1) is 16.6. The molecule has 1 aliphatic heterocycles. The Balaban J connectivity index is 1.77. The second kappa shape index (κ2) is 7.51. The number of hydrogen-bond acceptors (Lipinski definition) is 7. The molecule has 0 unspecified atom stereocenters. The second-order valence-corrected chi connectivity index (χ2v) is 6.69. The van der Waals surface area contributed by atoms with E-state index in [0.717, 1.165) is 36.0 Å². The number of piperazine rings is 1. The van der Waals surface area contributed by atoms with Crippen molar-refractivity contribution in [3.05, 3.63) is 36.0 Å². The topological polar surface area (TPSA) is 65.3 Å². The third kappa shape index (κ3) is 3.78. The molecule has 2 heterocycles. The summed E-state index contributed by atoms with van der Waals surface area (Å²) < 4.78 is 5.45. The van der Waals surface area contributed by atoms with Crippen LogP contribution < -0.4 is 9.64 Å². The number of ether oxygens (including phenoxy) is 1. The van der Waals surface area contributed by atoms with Gasteiger partial charge in [0.2, 0.25) is 11.8 Å². The molecule has 0 aliphatic carbocycles. The van der Waals surface area contributed by atoms with Crippen LogP contribution in [0.1, 0.15) is 5.56 Å². The SMILES string of the molecule is COc1nc(N2CCN(C)CC2)ncc1Sc1ccc(C#N)cc1. The van der Waals surface area contributed by atoms with Gasteiger partial charge in [-0.1, -0.05) is 11.8 Å². The molecular formula is C17H19N5OS. The van der Waals surface area contributed by atoms with Gasteiger partial charge in [0.25, 0.3) is 0 Å². The van der Waals surface area contributed by atoms with E-state index in [1.165, 1.54) is 11.8 Å². The average Bonchev–Trinajstić information content (AvgIpc) is 2.63. The predicted octanol–water partition coefficient (Wildman–Crippen LogP) is 2.26. The largest absolute Gasteiger partial charge is 0.480 e. The zero-order chi connectivity index (χ0) is 16.9. The maximum atomic E-state index is 8.87. The van der Waals surface area contributed by atoms with E-state index < -0.39 is 0 Å². The molecule has 1 aliphatic rings. The van der Waals surface area contributed by atoms with Crippen LogP contribution in [0.2, 0.25) is 0 Å². The summed E-state index contributed by atoms with van der Waals surface area (Å²) in [5, 5.41) is 8.87. The first-order chi connectivity index (χ1) is 11.7. The first-order valence-electron chi connectivity index (χ1n) is 7.72. The highest BCUT2D eigenvalue weighted by molar-refractivity contribution is 7.99. The number of aromatic nitrogens is 2. The fraction of sp³-hybridized carbons (Fsp3) is 0.353. The van der Waals surface area contributed by atoms with Crippen molar-refractivity contribution in [2.24, 2.45) is 0 Å². The summed E-state index contributed by atoms with van der Waals surface area (Å²) in [5.41, 5.74) is 0.646. The molecule has 0 spiro atoms. The summed E-state index contributed by atoms with van der Waals surface area (Å²) in [7, 11) is 3.75. The molecular weight excluding hydrogens is 322 g/mol. The van der Waals surface area contributed by atoms with Crippen LogP contribution >= 0.6 is 11.8 Å². The van der Waals surface area contributed by atoms with Gasteiger partial charge >= 0.3 is 0 Å². The van der Waals surface area contributed by atoms with Gasteiger partial charge in [0.1, 0.15) is 0 Å². The van der Waals surface area contributed by atoms with E-state index >= 15 is 0 Å². The summed E-state index contributed by atoms with van der Waals surface area (Å²) in [6.45, 7) is 3.85. The molecule has 0 saturated carbocycles. The standard InChI is InChI=1S/C17H19N5OS/c1-21-7-9-22(10-8-21)17-19-12-15(16(20-17)23-2)24-14-5-3-13(11-18)4-6-14/h3-6,12H,7-10H2,1-2H3. The van der Waals surface area contributed by atoms with Crippen LogP contribution in [0.25, 0.3) is 0 Å². The molecule has 3 rings (SSSR count). The van der Waals surface area contributed by atoms with Crippen LogP contribution in [0.4, 0.5) is 5.95 Å². The Morgan fingerprint density at radius 1 is 1.17 bits per heavy atom. The van der Waals surface area contributed by atoms with E-state index in [-0.39, 0.29) is 0 Å². The van der Waals surface area contributed by atoms with Crippen LogP contribution in [-0.2, 0) is 0 Å². The molecule has 2 aromatic rings. The lowest BCUT2D eigenvalue weighted by Gasteiger charge is -2.32. The third-order valence-corrected chi connectivity index (χ3v) is 4.91. The Bertz CT molecular complexity index is 736. The van der Waals surface area contributed by atoms with E-state index in [9.17, 15) is 0 Å². The van der Waals surface area contributed by atoms with Crippen LogP contribution in [0.3, 0.4) is 0 Å². The number of anilines is 1. The molecule has 1 saturated heterocycles. The van der Waals surface area contributed by atoms with E-state index in [2.05, 4.69) is 32.9 Å². The first-order valence-corrected chi connectivity index (χ1v) is 8.54. The van der Waals surface area contributed by atoms with Gasteiger partial charge in [0.15, 0.2) is 0 Å². The van der Waals surface area contributed by atoms with Crippen molar-refractivity contribution in [2.45, 2.75) is 9.79 Å². The number of rotatable bonds is 4. The zero-order valence-corrected chi connectivity index (χ0v) is 14.6. The Kier molecular flexibility index (Phi) is 5.18. The Morgan fingerprint density at radius 3 is 2.50 bits per heavy atom. The molecule has 0 N–H and O–H groups in total.